The molecule has 0 aromatic heterocycles. The topological polar surface area (TPSA) is 37.4 Å². The number of hydrogen-bond acceptors (Lipinski definition) is 2. The molecule has 0 saturated heterocycles. The molecular formula is C5H13NO2S. The number of nitrogens with zero attached hydrogens (tertiary/aromatic N) is 1. The fraction of sp³-hybridized carbons (Fsp3) is 1.00. The molecule has 0 heterocycles. The SMILES string of the molecule is CC(C)S(=O)(=O)N(C)C. The first-order valence-electron chi connectivity index (χ1n) is 2.80. The lowest BCUT2D eigenvalue weighted by atomic mass is 10.6. The monoisotopic (exact) mass is 151 g/mol. The van der Waals surface area contributed by atoms with E-state index < -0.39 is 10.0 Å². The molecular weight excluding hydrogens is 138 g/mol. The summed E-state index contributed by atoms with van der Waals surface area (Å²) in [6.07, 6.45) is 0. The van der Waals surface area contributed by atoms with Crippen molar-refractivity contribution >= 4 is 10.0 Å². The molecule has 3 nitrogen and oxygen atoms in total. The highest BCUT2D eigenvalue weighted by Gasteiger charge is 2.17. The summed E-state index contributed by atoms with van der Waals surface area (Å²) in [7, 11) is 0.0926. The number of sulfonamides is 1. The quantitative estimate of drug-likeness (QED) is 0.568. The van der Waals surface area contributed by atoms with Crippen molar-refractivity contribution in [1.29, 1.82) is 0 Å². The molecule has 0 amide bonds. The van der Waals surface area contributed by atoms with E-state index in [0.29, 0.717) is 0 Å². The molecule has 0 aliphatic carbocycles. The third-order valence-electron chi connectivity index (χ3n) is 1.10. The molecule has 0 aromatic carbocycles. The highest BCUT2D eigenvalue weighted by Crippen LogP contribution is 2.01. The van der Waals surface area contributed by atoms with E-state index in [4.69, 9.17) is 0 Å². The molecule has 4 heteroatoms. The first-order valence-corrected chi connectivity index (χ1v) is 4.30. The third-order valence-corrected chi connectivity index (χ3v) is 3.31. The Labute approximate surface area is 56.7 Å². The third kappa shape index (κ3) is 1.95. The van der Waals surface area contributed by atoms with Crippen LogP contribution in [0.5, 0.6) is 0 Å². The van der Waals surface area contributed by atoms with Gasteiger partial charge in [0.1, 0.15) is 0 Å². The summed E-state index contributed by atoms with van der Waals surface area (Å²) < 4.78 is 23.1. The van der Waals surface area contributed by atoms with Crippen molar-refractivity contribution in [3.05, 3.63) is 0 Å². The first-order chi connectivity index (χ1) is 3.89. The Balaban J connectivity index is 4.42. The number of rotatable bonds is 2. The Bertz CT molecular complexity index is 155. The summed E-state index contributed by atoms with van der Waals surface area (Å²) >= 11 is 0. The lowest BCUT2D eigenvalue weighted by Gasteiger charge is -2.13. The van der Waals surface area contributed by atoms with Crippen LogP contribution in [0.25, 0.3) is 0 Å². The summed E-state index contributed by atoms with van der Waals surface area (Å²) in [4.78, 5) is 0. The van der Waals surface area contributed by atoms with Gasteiger partial charge in [-0.1, -0.05) is 0 Å². The summed E-state index contributed by atoms with van der Waals surface area (Å²) in [6.45, 7) is 3.32. The van der Waals surface area contributed by atoms with Crippen LogP contribution in [0.3, 0.4) is 0 Å². The molecule has 0 aliphatic rings. The van der Waals surface area contributed by atoms with Crippen molar-refractivity contribution < 1.29 is 8.42 Å². The van der Waals surface area contributed by atoms with Crippen LogP contribution in [0, 0.1) is 0 Å². The van der Waals surface area contributed by atoms with E-state index in [-0.39, 0.29) is 5.25 Å². The maximum Gasteiger partial charge on any atom is 0.215 e. The molecule has 0 rings (SSSR count). The van der Waals surface area contributed by atoms with Crippen molar-refractivity contribution in [3.8, 4) is 0 Å². The molecule has 0 saturated carbocycles. The Morgan fingerprint density at radius 1 is 1.22 bits per heavy atom. The van der Waals surface area contributed by atoms with Gasteiger partial charge >= 0.3 is 0 Å². The zero-order valence-corrected chi connectivity index (χ0v) is 7.07. The van der Waals surface area contributed by atoms with Crippen molar-refractivity contribution in [2.24, 2.45) is 0 Å². The van der Waals surface area contributed by atoms with Crippen LogP contribution in [-0.2, 0) is 10.0 Å². The van der Waals surface area contributed by atoms with Gasteiger partial charge in [0.2, 0.25) is 10.0 Å². The average molecular weight is 151 g/mol. The van der Waals surface area contributed by atoms with Crippen LogP contribution in [0.4, 0.5) is 0 Å². The molecule has 0 fully saturated rings. The van der Waals surface area contributed by atoms with Crippen LogP contribution >= 0.6 is 0 Å². The van der Waals surface area contributed by atoms with Crippen molar-refractivity contribution in [2.75, 3.05) is 14.1 Å². The summed E-state index contributed by atoms with van der Waals surface area (Å²) in [5.74, 6) is 0. The largest absolute Gasteiger partial charge is 0.215 e. The number of hydrogen-bond donors (Lipinski definition) is 0. The lowest BCUT2D eigenvalue weighted by molar-refractivity contribution is 0.511. The van der Waals surface area contributed by atoms with Gasteiger partial charge in [-0.3, -0.25) is 0 Å². The molecule has 0 N–H and O–H groups in total. The van der Waals surface area contributed by atoms with E-state index in [2.05, 4.69) is 0 Å². The van der Waals surface area contributed by atoms with Crippen molar-refractivity contribution in [1.82, 2.24) is 4.31 Å². The Kier molecular flexibility index (Phi) is 2.64. The summed E-state index contributed by atoms with van der Waals surface area (Å²) in [5.41, 5.74) is 0. The Morgan fingerprint density at radius 3 is 1.56 bits per heavy atom. The van der Waals surface area contributed by atoms with Gasteiger partial charge in [-0.05, 0) is 13.8 Å². The molecule has 9 heavy (non-hydrogen) atoms. The molecule has 0 aromatic rings. The zero-order valence-electron chi connectivity index (χ0n) is 6.25. The average Bonchev–Trinajstić information content (AvgIpc) is 1.65. The smallest absolute Gasteiger partial charge is 0.212 e. The van der Waals surface area contributed by atoms with Crippen LogP contribution in [0.15, 0.2) is 0 Å². The van der Waals surface area contributed by atoms with Gasteiger partial charge in [-0.25, -0.2) is 12.7 Å². The maximum atomic E-state index is 11.0. The molecule has 0 unspecified atom stereocenters. The van der Waals surface area contributed by atoms with Crippen LogP contribution < -0.4 is 0 Å². The Hall–Kier alpha value is -0.0900. The van der Waals surface area contributed by atoms with Gasteiger partial charge in [-0.2, -0.15) is 0 Å². The minimum Gasteiger partial charge on any atom is -0.212 e. The van der Waals surface area contributed by atoms with Crippen LogP contribution in [0.1, 0.15) is 13.8 Å². The zero-order chi connectivity index (χ0) is 7.65. The van der Waals surface area contributed by atoms with Gasteiger partial charge in [0.25, 0.3) is 0 Å². The van der Waals surface area contributed by atoms with Gasteiger partial charge < -0.3 is 0 Å². The fourth-order valence-corrected chi connectivity index (χ4v) is 1.26. The minimum atomic E-state index is -2.98. The molecule has 0 radical (unpaired) electrons. The lowest BCUT2D eigenvalue weighted by Crippen LogP contribution is -2.29. The predicted octanol–water partition coefficient (Wildman–Crippen LogP) is 0.286. The van der Waals surface area contributed by atoms with E-state index in [1.54, 1.807) is 13.8 Å². The van der Waals surface area contributed by atoms with E-state index in [9.17, 15) is 8.42 Å². The molecule has 0 bridgehead atoms. The van der Waals surface area contributed by atoms with E-state index in [0.717, 1.165) is 0 Å². The highest BCUT2D eigenvalue weighted by molar-refractivity contribution is 7.89. The second kappa shape index (κ2) is 2.66. The van der Waals surface area contributed by atoms with Crippen molar-refractivity contribution in [3.63, 3.8) is 0 Å². The minimum absolute atomic E-state index is 0.313. The van der Waals surface area contributed by atoms with E-state index in [1.807, 2.05) is 0 Å². The van der Waals surface area contributed by atoms with Gasteiger partial charge in [0.15, 0.2) is 0 Å². The predicted molar refractivity (Wildman–Crippen MR) is 37.7 cm³/mol. The fourth-order valence-electron chi connectivity index (χ4n) is 0.422. The van der Waals surface area contributed by atoms with Crippen molar-refractivity contribution in [2.45, 2.75) is 19.1 Å². The molecule has 56 valence electrons. The summed E-state index contributed by atoms with van der Waals surface area (Å²) in [6, 6.07) is 0. The van der Waals surface area contributed by atoms with Gasteiger partial charge in [-0.15, -0.1) is 0 Å². The molecule has 0 aliphatic heterocycles. The second-order valence-corrected chi connectivity index (χ2v) is 5.08. The first kappa shape index (κ1) is 8.91. The second-order valence-electron chi connectivity index (χ2n) is 2.38. The van der Waals surface area contributed by atoms with Crippen LogP contribution in [0.2, 0.25) is 0 Å². The molecule has 0 spiro atoms. The van der Waals surface area contributed by atoms with E-state index in [1.165, 1.54) is 18.4 Å². The van der Waals surface area contributed by atoms with Crippen LogP contribution in [-0.4, -0.2) is 32.1 Å². The highest BCUT2D eigenvalue weighted by atomic mass is 32.2. The van der Waals surface area contributed by atoms with Gasteiger partial charge in [0, 0.05) is 14.1 Å². The Morgan fingerprint density at radius 2 is 1.56 bits per heavy atom. The normalized spacial score (nSPS) is 13.1. The maximum absolute atomic E-state index is 11.0. The van der Waals surface area contributed by atoms with E-state index >= 15 is 0 Å². The standard InChI is InChI=1S/C5H13NO2S/c1-5(2)9(7,8)6(3)4/h5H,1-4H3. The van der Waals surface area contributed by atoms with Gasteiger partial charge in [0.05, 0.1) is 5.25 Å². The molecule has 0 atom stereocenters. The summed E-state index contributed by atoms with van der Waals surface area (Å²) in [5, 5.41) is -0.313.